The molecule has 0 aromatic heterocycles. The van der Waals surface area contributed by atoms with E-state index in [-0.39, 0.29) is 29.2 Å². The van der Waals surface area contributed by atoms with Crippen LogP contribution in [-0.4, -0.2) is 35.4 Å². The predicted octanol–water partition coefficient (Wildman–Crippen LogP) is 6.37. The lowest BCUT2D eigenvalue weighted by molar-refractivity contribution is -0.140. The second-order valence-corrected chi connectivity index (χ2v) is 9.63. The number of rotatable bonds is 8. The van der Waals surface area contributed by atoms with Crippen LogP contribution in [0.15, 0.2) is 78.4 Å². The van der Waals surface area contributed by atoms with Crippen LogP contribution in [0.4, 0.5) is 13.2 Å². The summed E-state index contributed by atoms with van der Waals surface area (Å²) in [5, 5.41) is 11.3. The number of alkyl halides is 3. The van der Waals surface area contributed by atoms with E-state index in [4.69, 9.17) is 9.47 Å². The molecule has 1 heterocycles. The quantitative estimate of drug-likeness (QED) is 0.205. The first-order valence-electron chi connectivity index (χ1n) is 12.3. The summed E-state index contributed by atoms with van der Waals surface area (Å²) in [4.78, 5) is 27.8. The molecule has 39 heavy (non-hydrogen) atoms. The summed E-state index contributed by atoms with van der Waals surface area (Å²) in [6, 6.07) is 16.6. The van der Waals surface area contributed by atoms with E-state index in [1.165, 1.54) is 19.2 Å². The monoisotopic (exact) mass is 539 g/mol. The van der Waals surface area contributed by atoms with Crippen LogP contribution in [0.3, 0.4) is 0 Å². The molecule has 1 aliphatic rings. The van der Waals surface area contributed by atoms with Crippen LogP contribution in [0.25, 0.3) is 5.76 Å². The van der Waals surface area contributed by atoms with Gasteiger partial charge in [0.1, 0.15) is 17.3 Å². The number of aliphatic hydroxyl groups is 1. The van der Waals surface area contributed by atoms with Gasteiger partial charge in [0.15, 0.2) is 0 Å². The van der Waals surface area contributed by atoms with Gasteiger partial charge in [0, 0.05) is 12.1 Å². The minimum absolute atomic E-state index is 0.179. The van der Waals surface area contributed by atoms with Gasteiger partial charge in [-0.25, -0.2) is 0 Å². The Kier molecular flexibility index (Phi) is 7.99. The molecule has 6 nitrogen and oxygen atoms in total. The number of carbonyl (C=O) groups excluding carboxylic acids is 2. The fourth-order valence-electron chi connectivity index (χ4n) is 4.40. The molecule has 3 aromatic rings. The van der Waals surface area contributed by atoms with Gasteiger partial charge in [-0.15, -0.1) is 0 Å². The highest BCUT2D eigenvalue weighted by Crippen LogP contribution is 2.41. The summed E-state index contributed by atoms with van der Waals surface area (Å²) in [6.45, 7) is 4.13. The Morgan fingerprint density at radius 1 is 0.974 bits per heavy atom. The van der Waals surface area contributed by atoms with Crippen molar-refractivity contribution in [1.82, 2.24) is 4.90 Å². The normalized spacial score (nSPS) is 17.1. The molecule has 0 saturated carbocycles. The van der Waals surface area contributed by atoms with Crippen molar-refractivity contribution in [3.63, 3.8) is 0 Å². The van der Waals surface area contributed by atoms with E-state index >= 15 is 0 Å². The number of amides is 1. The van der Waals surface area contributed by atoms with Crippen LogP contribution >= 0.6 is 0 Å². The third kappa shape index (κ3) is 6.08. The zero-order valence-corrected chi connectivity index (χ0v) is 21.7. The molecule has 1 atom stereocenters. The number of hydrogen-bond donors (Lipinski definition) is 1. The van der Waals surface area contributed by atoms with E-state index < -0.39 is 35.2 Å². The number of halogens is 3. The second-order valence-electron chi connectivity index (χ2n) is 9.63. The van der Waals surface area contributed by atoms with Crippen molar-refractivity contribution in [3.05, 3.63) is 101 Å². The minimum Gasteiger partial charge on any atom is -0.507 e. The highest BCUT2D eigenvalue weighted by Gasteiger charge is 2.46. The first-order valence-corrected chi connectivity index (χ1v) is 12.3. The molecule has 204 valence electrons. The average Bonchev–Trinajstić information content (AvgIpc) is 3.16. The van der Waals surface area contributed by atoms with E-state index in [0.717, 1.165) is 17.0 Å². The van der Waals surface area contributed by atoms with Crippen LogP contribution in [0.1, 0.15) is 42.1 Å². The SMILES string of the molecule is COc1cccc(C2/C(=C(\O)c3cccc(OCC(C)C)c3)C(=O)C(=O)N2Cc2cccc(C(F)(F)F)c2)c1. The minimum atomic E-state index is -4.57. The van der Waals surface area contributed by atoms with E-state index in [9.17, 15) is 27.9 Å². The number of carbonyl (C=O) groups is 2. The average molecular weight is 540 g/mol. The molecular formula is C30H28F3NO5. The maximum Gasteiger partial charge on any atom is 0.416 e. The Bertz CT molecular complexity index is 1410. The molecule has 0 aliphatic carbocycles. The summed E-state index contributed by atoms with van der Waals surface area (Å²) in [5.74, 6) is -1.11. The van der Waals surface area contributed by atoms with E-state index in [1.807, 2.05) is 13.8 Å². The molecule has 9 heteroatoms. The van der Waals surface area contributed by atoms with Crippen molar-refractivity contribution >= 4 is 17.4 Å². The standard InChI is InChI=1S/C30H28F3NO5/c1-18(2)17-39-24-12-6-9-21(15-24)27(35)25-26(20-8-5-11-23(14-20)38-3)34(29(37)28(25)36)16-19-7-4-10-22(13-19)30(31,32)33/h4-15,18,26,35H,16-17H2,1-3H3/b27-25+. The lowest BCUT2D eigenvalue weighted by Crippen LogP contribution is -2.29. The fourth-order valence-corrected chi connectivity index (χ4v) is 4.40. The first kappa shape index (κ1) is 27.8. The number of Topliss-reactive ketones (excluding diaryl/α,β-unsaturated/α-hetero) is 1. The highest BCUT2D eigenvalue weighted by molar-refractivity contribution is 6.46. The second kappa shape index (κ2) is 11.2. The van der Waals surface area contributed by atoms with E-state index in [1.54, 1.807) is 48.5 Å². The van der Waals surface area contributed by atoms with Crippen LogP contribution < -0.4 is 9.47 Å². The molecule has 1 unspecified atom stereocenters. The first-order chi connectivity index (χ1) is 18.5. The lowest BCUT2D eigenvalue weighted by Gasteiger charge is -2.26. The smallest absolute Gasteiger partial charge is 0.416 e. The van der Waals surface area contributed by atoms with Gasteiger partial charge >= 0.3 is 6.18 Å². The summed E-state index contributed by atoms with van der Waals surface area (Å²) >= 11 is 0. The maximum absolute atomic E-state index is 13.3. The van der Waals surface area contributed by atoms with Crippen molar-refractivity contribution in [2.45, 2.75) is 32.6 Å². The zero-order valence-electron chi connectivity index (χ0n) is 21.7. The Labute approximate surface area is 224 Å². The Morgan fingerprint density at radius 2 is 1.67 bits per heavy atom. The molecule has 1 saturated heterocycles. The summed E-state index contributed by atoms with van der Waals surface area (Å²) in [6.07, 6.45) is -4.57. The molecule has 4 rings (SSSR count). The predicted molar refractivity (Wildman–Crippen MR) is 139 cm³/mol. The van der Waals surface area contributed by atoms with Gasteiger partial charge < -0.3 is 19.5 Å². The third-order valence-corrected chi connectivity index (χ3v) is 6.25. The maximum atomic E-state index is 13.3. The molecule has 3 aromatic carbocycles. The molecule has 1 N–H and O–H groups in total. The van der Waals surface area contributed by atoms with Gasteiger partial charge in [-0.1, -0.05) is 50.2 Å². The zero-order chi connectivity index (χ0) is 28.3. The number of aliphatic hydroxyl groups excluding tert-OH is 1. The van der Waals surface area contributed by atoms with Crippen LogP contribution in [0.5, 0.6) is 11.5 Å². The lowest BCUT2D eigenvalue weighted by atomic mass is 9.95. The number of ether oxygens (including phenoxy) is 2. The van der Waals surface area contributed by atoms with Crippen molar-refractivity contribution in [1.29, 1.82) is 0 Å². The van der Waals surface area contributed by atoms with Crippen molar-refractivity contribution < 1.29 is 37.3 Å². The van der Waals surface area contributed by atoms with Gasteiger partial charge in [0.25, 0.3) is 11.7 Å². The largest absolute Gasteiger partial charge is 0.507 e. The fraction of sp³-hybridized carbons (Fsp3) is 0.267. The summed E-state index contributed by atoms with van der Waals surface area (Å²) in [7, 11) is 1.46. The van der Waals surface area contributed by atoms with Gasteiger partial charge in [-0.2, -0.15) is 13.2 Å². The number of ketones is 1. The molecule has 1 amide bonds. The Balaban J connectivity index is 1.82. The van der Waals surface area contributed by atoms with E-state index in [0.29, 0.717) is 23.7 Å². The highest BCUT2D eigenvalue weighted by atomic mass is 19.4. The number of benzene rings is 3. The van der Waals surface area contributed by atoms with Gasteiger partial charge in [-0.05, 0) is 53.4 Å². The van der Waals surface area contributed by atoms with Crippen molar-refractivity contribution in [3.8, 4) is 11.5 Å². The molecule has 0 bridgehead atoms. The number of hydrogen-bond acceptors (Lipinski definition) is 5. The van der Waals surface area contributed by atoms with Gasteiger partial charge in [0.2, 0.25) is 0 Å². The van der Waals surface area contributed by atoms with Crippen LogP contribution in [0.2, 0.25) is 0 Å². The summed E-state index contributed by atoms with van der Waals surface area (Å²) in [5.41, 5.74) is -0.145. The van der Waals surface area contributed by atoms with Crippen molar-refractivity contribution in [2.75, 3.05) is 13.7 Å². The van der Waals surface area contributed by atoms with E-state index in [2.05, 4.69) is 0 Å². The number of nitrogens with zero attached hydrogens (tertiary/aromatic N) is 1. The summed E-state index contributed by atoms with van der Waals surface area (Å²) < 4.78 is 51.1. The van der Waals surface area contributed by atoms with Crippen molar-refractivity contribution in [2.24, 2.45) is 5.92 Å². The third-order valence-electron chi connectivity index (χ3n) is 6.25. The Morgan fingerprint density at radius 3 is 2.36 bits per heavy atom. The van der Waals surface area contributed by atoms with Gasteiger partial charge in [0.05, 0.1) is 30.9 Å². The topological polar surface area (TPSA) is 76.1 Å². The van der Waals surface area contributed by atoms with Crippen LogP contribution in [-0.2, 0) is 22.3 Å². The number of likely N-dealkylation sites (tertiary alicyclic amines) is 1. The molecule has 1 aliphatic heterocycles. The van der Waals surface area contributed by atoms with Gasteiger partial charge in [-0.3, -0.25) is 9.59 Å². The molecule has 0 spiro atoms. The molecule has 0 radical (unpaired) electrons. The van der Waals surface area contributed by atoms with Crippen LogP contribution in [0, 0.1) is 5.92 Å². The molecular weight excluding hydrogens is 511 g/mol. The Hall–Kier alpha value is -4.27. The molecule has 1 fully saturated rings. The number of methoxy groups -OCH3 is 1.